The predicted molar refractivity (Wildman–Crippen MR) is 87.9 cm³/mol. The van der Waals surface area contributed by atoms with E-state index in [0.717, 1.165) is 0 Å². The lowest BCUT2D eigenvalue weighted by Gasteiger charge is -2.28. The maximum atomic E-state index is 12.9. The number of likely N-dealkylation sites (tertiary alicyclic amines) is 1. The van der Waals surface area contributed by atoms with Gasteiger partial charge in [0.1, 0.15) is 11.5 Å². The lowest BCUT2D eigenvalue weighted by atomic mass is 9.88. The number of methoxy groups -OCH3 is 1. The fourth-order valence-corrected chi connectivity index (χ4v) is 3.02. The van der Waals surface area contributed by atoms with Gasteiger partial charge in [-0.2, -0.15) is 0 Å². The molecule has 25 heavy (non-hydrogen) atoms. The van der Waals surface area contributed by atoms with Crippen molar-refractivity contribution in [2.45, 2.75) is 26.3 Å². The van der Waals surface area contributed by atoms with Gasteiger partial charge in [0.2, 0.25) is 5.91 Å². The minimum atomic E-state index is -1.10. The quantitative estimate of drug-likeness (QED) is 0.757. The van der Waals surface area contributed by atoms with E-state index in [-0.39, 0.29) is 30.7 Å². The van der Waals surface area contributed by atoms with E-state index in [4.69, 9.17) is 9.15 Å². The molecule has 2 unspecified atom stereocenters. The minimum Gasteiger partial charge on any atom is -0.481 e. The Morgan fingerprint density at radius 1 is 1.44 bits per heavy atom. The second-order valence-corrected chi connectivity index (χ2v) is 6.70. The molecule has 1 fully saturated rings. The molecule has 0 saturated carbocycles. The second-order valence-electron chi connectivity index (χ2n) is 6.70. The van der Waals surface area contributed by atoms with Gasteiger partial charge in [-0.3, -0.25) is 14.4 Å². The van der Waals surface area contributed by atoms with E-state index in [1.807, 2.05) is 13.8 Å². The molecule has 2 rings (SSSR count). The minimum absolute atomic E-state index is 0.0389. The number of amides is 2. The Hall–Kier alpha value is -2.35. The summed E-state index contributed by atoms with van der Waals surface area (Å²) in [5, 5.41) is 12.2. The molecule has 1 saturated heterocycles. The lowest BCUT2D eigenvalue weighted by Crippen LogP contribution is -2.51. The van der Waals surface area contributed by atoms with E-state index in [1.54, 1.807) is 6.07 Å². The number of carbonyl (C=O) groups excluding carboxylic acids is 2. The standard InChI is InChI=1S/C17H24N2O6/c1-11(2)13(18-14(20)12-5-4-8-25-12)15(21)19-7-6-17(9-19,10-24-3)16(22)23/h4-5,8,11,13H,6-7,9-10H2,1-3H3,(H,18,20)(H,22,23). The molecule has 1 aromatic heterocycles. The molecule has 0 aliphatic carbocycles. The fourth-order valence-electron chi connectivity index (χ4n) is 3.02. The van der Waals surface area contributed by atoms with Crippen LogP contribution in [0, 0.1) is 11.3 Å². The molecule has 0 bridgehead atoms. The van der Waals surface area contributed by atoms with Crippen LogP contribution in [0.25, 0.3) is 0 Å². The number of ether oxygens (including phenoxy) is 1. The Morgan fingerprint density at radius 3 is 2.68 bits per heavy atom. The summed E-state index contributed by atoms with van der Waals surface area (Å²) in [7, 11) is 1.44. The molecular weight excluding hydrogens is 328 g/mol. The van der Waals surface area contributed by atoms with E-state index in [1.165, 1.54) is 24.3 Å². The third kappa shape index (κ3) is 4.01. The summed E-state index contributed by atoms with van der Waals surface area (Å²) in [4.78, 5) is 38.1. The van der Waals surface area contributed by atoms with E-state index < -0.39 is 23.3 Å². The molecule has 0 spiro atoms. The first kappa shape index (κ1) is 19.0. The monoisotopic (exact) mass is 352 g/mol. The van der Waals surface area contributed by atoms with Crippen molar-refractivity contribution in [2.24, 2.45) is 11.3 Å². The van der Waals surface area contributed by atoms with Crippen molar-refractivity contribution in [1.82, 2.24) is 10.2 Å². The van der Waals surface area contributed by atoms with Gasteiger partial charge in [-0.15, -0.1) is 0 Å². The van der Waals surface area contributed by atoms with Crippen LogP contribution in [0.1, 0.15) is 30.8 Å². The first-order chi connectivity index (χ1) is 11.8. The fraction of sp³-hybridized carbons (Fsp3) is 0.588. The van der Waals surface area contributed by atoms with Gasteiger partial charge in [0.05, 0.1) is 12.9 Å². The maximum Gasteiger partial charge on any atom is 0.313 e. The Morgan fingerprint density at radius 2 is 2.16 bits per heavy atom. The number of carboxylic acids is 1. The van der Waals surface area contributed by atoms with Crippen molar-refractivity contribution in [3.8, 4) is 0 Å². The molecule has 138 valence electrons. The highest BCUT2D eigenvalue weighted by Gasteiger charge is 2.47. The second kappa shape index (κ2) is 7.69. The summed E-state index contributed by atoms with van der Waals surface area (Å²) in [6, 6.07) is 2.35. The zero-order chi connectivity index (χ0) is 18.6. The number of nitrogens with zero attached hydrogens (tertiary/aromatic N) is 1. The highest BCUT2D eigenvalue weighted by atomic mass is 16.5. The summed E-state index contributed by atoms with van der Waals surface area (Å²) >= 11 is 0. The van der Waals surface area contributed by atoms with Crippen molar-refractivity contribution in [3.05, 3.63) is 24.2 Å². The van der Waals surface area contributed by atoms with Crippen molar-refractivity contribution < 1.29 is 28.6 Å². The van der Waals surface area contributed by atoms with E-state index in [2.05, 4.69) is 5.32 Å². The number of rotatable bonds is 7. The van der Waals surface area contributed by atoms with Crippen LogP contribution in [0.15, 0.2) is 22.8 Å². The average molecular weight is 352 g/mol. The molecular formula is C17H24N2O6. The van der Waals surface area contributed by atoms with Crippen LogP contribution in [0.2, 0.25) is 0 Å². The van der Waals surface area contributed by atoms with Gasteiger partial charge in [0.25, 0.3) is 5.91 Å². The third-order valence-electron chi connectivity index (χ3n) is 4.50. The van der Waals surface area contributed by atoms with Crippen LogP contribution < -0.4 is 5.32 Å². The molecule has 2 heterocycles. The van der Waals surface area contributed by atoms with Crippen LogP contribution in [-0.2, 0) is 14.3 Å². The Labute approximate surface area is 146 Å². The van der Waals surface area contributed by atoms with Gasteiger partial charge in [-0.25, -0.2) is 0 Å². The largest absolute Gasteiger partial charge is 0.481 e. The molecule has 2 N–H and O–H groups in total. The highest BCUT2D eigenvalue weighted by Crippen LogP contribution is 2.32. The molecule has 1 aliphatic rings. The number of furan rings is 1. The van der Waals surface area contributed by atoms with Gasteiger partial charge >= 0.3 is 5.97 Å². The molecule has 8 nitrogen and oxygen atoms in total. The zero-order valence-electron chi connectivity index (χ0n) is 14.7. The highest BCUT2D eigenvalue weighted by molar-refractivity contribution is 5.95. The molecule has 8 heteroatoms. The first-order valence-electron chi connectivity index (χ1n) is 8.16. The number of hydrogen-bond donors (Lipinski definition) is 2. The molecule has 0 radical (unpaired) electrons. The van der Waals surface area contributed by atoms with Crippen LogP contribution in [0.3, 0.4) is 0 Å². The number of aliphatic carboxylic acids is 1. The topological polar surface area (TPSA) is 109 Å². The Kier molecular flexibility index (Phi) is 5.84. The summed E-state index contributed by atoms with van der Waals surface area (Å²) < 4.78 is 10.1. The summed E-state index contributed by atoms with van der Waals surface area (Å²) in [5.74, 6) is -1.79. The van der Waals surface area contributed by atoms with Crippen molar-refractivity contribution >= 4 is 17.8 Å². The average Bonchev–Trinajstić information content (AvgIpc) is 3.22. The smallest absolute Gasteiger partial charge is 0.313 e. The third-order valence-corrected chi connectivity index (χ3v) is 4.50. The number of nitrogens with one attached hydrogen (secondary N) is 1. The van der Waals surface area contributed by atoms with E-state index in [0.29, 0.717) is 13.0 Å². The number of hydrogen-bond acceptors (Lipinski definition) is 5. The van der Waals surface area contributed by atoms with Crippen LogP contribution in [-0.4, -0.2) is 60.6 Å². The molecule has 1 aromatic rings. The number of carboxylic acid groups (broad SMARTS) is 1. The SMILES string of the molecule is COCC1(C(=O)O)CCN(C(=O)C(NC(=O)c2ccco2)C(C)C)C1. The Balaban J connectivity index is 2.10. The molecule has 0 aromatic carbocycles. The zero-order valence-corrected chi connectivity index (χ0v) is 14.7. The predicted octanol–water partition coefficient (Wildman–Crippen LogP) is 0.984. The summed E-state index contributed by atoms with van der Waals surface area (Å²) in [5.41, 5.74) is -1.10. The van der Waals surface area contributed by atoms with Crippen molar-refractivity contribution in [2.75, 3.05) is 26.8 Å². The van der Waals surface area contributed by atoms with Crippen LogP contribution in [0.4, 0.5) is 0 Å². The lowest BCUT2D eigenvalue weighted by molar-refractivity contribution is -0.151. The summed E-state index contributed by atoms with van der Waals surface area (Å²) in [6.07, 6.45) is 1.70. The molecule has 2 atom stereocenters. The van der Waals surface area contributed by atoms with Gasteiger partial charge in [0, 0.05) is 20.2 Å². The van der Waals surface area contributed by atoms with Crippen LogP contribution >= 0.6 is 0 Å². The normalized spacial score (nSPS) is 21.4. The van der Waals surface area contributed by atoms with Gasteiger partial charge < -0.3 is 24.5 Å². The molecule has 1 aliphatic heterocycles. The Bertz CT molecular complexity index is 627. The van der Waals surface area contributed by atoms with Gasteiger partial charge in [-0.05, 0) is 24.5 Å². The van der Waals surface area contributed by atoms with Crippen molar-refractivity contribution in [1.29, 1.82) is 0 Å². The van der Waals surface area contributed by atoms with E-state index in [9.17, 15) is 19.5 Å². The van der Waals surface area contributed by atoms with Crippen LogP contribution in [0.5, 0.6) is 0 Å². The van der Waals surface area contributed by atoms with Crippen molar-refractivity contribution in [3.63, 3.8) is 0 Å². The van der Waals surface area contributed by atoms with Gasteiger partial charge in [-0.1, -0.05) is 13.8 Å². The summed E-state index contributed by atoms with van der Waals surface area (Å²) in [6.45, 7) is 4.06. The number of carbonyl (C=O) groups is 3. The van der Waals surface area contributed by atoms with E-state index >= 15 is 0 Å². The first-order valence-corrected chi connectivity index (χ1v) is 8.16. The maximum absolute atomic E-state index is 12.9. The van der Waals surface area contributed by atoms with Gasteiger partial charge in [0.15, 0.2) is 5.76 Å². The molecule has 2 amide bonds.